The van der Waals surface area contributed by atoms with Gasteiger partial charge in [-0.15, -0.1) is 0 Å². The highest BCUT2D eigenvalue weighted by atomic mass is 16.6. The Balaban J connectivity index is 2.26. The number of rotatable bonds is 5. The first-order valence-electron chi connectivity index (χ1n) is 5.61. The number of nitrogens with zero attached hydrogens (tertiary/aromatic N) is 2. The average molecular weight is 274 g/mol. The number of pyridine rings is 1. The normalized spacial score (nSPS) is 10.0. The van der Waals surface area contributed by atoms with Crippen molar-refractivity contribution < 1.29 is 19.6 Å². The average Bonchev–Trinajstić information content (AvgIpc) is 2.45. The van der Waals surface area contributed by atoms with E-state index in [1.54, 1.807) is 24.5 Å². The molecule has 102 valence electrons. The van der Waals surface area contributed by atoms with Crippen LogP contribution >= 0.6 is 0 Å². The molecule has 2 aromatic rings. The molecule has 7 nitrogen and oxygen atoms in total. The van der Waals surface area contributed by atoms with Gasteiger partial charge in [-0.1, -0.05) is 0 Å². The lowest BCUT2D eigenvalue weighted by atomic mass is 10.2. The molecule has 0 spiro atoms. The summed E-state index contributed by atoms with van der Waals surface area (Å²) in [7, 11) is 0. The SMILES string of the molecule is O=C(O)c1ccc([N+](=O)[O-])c(OCc2ccncc2)c1. The molecule has 0 saturated heterocycles. The zero-order valence-electron chi connectivity index (χ0n) is 10.2. The van der Waals surface area contributed by atoms with Crippen LogP contribution in [0.1, 0.15) is 15.9 Å². The second-order valence-electron chi connectivity index (χ2n) is 3.89. The smallest absolute Gasteiger partial charge is 0.335 e. The number of nitro groups is 1. The van der Waals surface area contributed by atoms with Gasteiger partial charge in [0.25, 0.3) is 0 Å². The minimum Gasteiger partial charge on any atom is -0.482 e. The van der Waals surface area contributed by atoms with E-state index >= 15 is 0 Å². The molecule has 1 aromatic heterocycles. The molecule has 0 bridgehead atoms. The highest BCUT2D eigenvalue weighted by Gasteiger charge is 2.17. The number of carbonyl (C=O) groups is 1. The van der Waals surface area contributed by atoms with Gasteiger partial charge in [0.05, 0.1) is 10.5 Å². The van der Waals surface area contributed by atoms with Gasteiger partial charge in [0.1, 0.15) is 6.61 Å². The summed E-state index contributed by atoms with van der Waals surface area (Å²) >= 11 is 0. The van der Waals surface area contributed by atoms with Crippen molar-refractivity contribution >= 4 is 11.7 Å². The Kier molecular flexibility index (Phi) is 3.90. The van der Waals surface area contributed by atoms with E-state index in [-0.39, 0.29) is 23.6 Å². The largest absolute Gasteiger partial charge is 0.482 e. The summed E-state index contributed by atoms with van der Waals surface area (Å²) in [6.07, 6.45) is 3.14. The second kappa shape index (κ2) is 5.79. The Labute approximate surface area is 113 Å². The summed E-state index contributed by atoms with van der Waals surface area (Å²) in [5.41, 5.74) is 0.430. The van der Waals surface area contributed by atoms with Gasteiger partial charge in [0, 0.05) is 24.5 Å². The minimum absolute atomic E-state index is 0.0691. The molecule has 0 atom stereocenters. The van der Waals surface area contributed by atoms with E-state index in [0.717, 1.165) is 17.7 Å². The third kappa shape index (κ3) is 3.08. The number of aromatic carboxylic acids is 1. The van der Waals surface area contributed by atoms with Crippen LogP contribution in [0.3, 0.4) is 0 Å². The molecule has 20 heavy (non-hydrogen) atoms. The molecule has 0 radical (unpaired) electrons. The lowest BCUT2D eigenvalue weighted by molar-refractivity contribution is -0.385. The maximum Gasteiger partial charge on any atom is 0.335 e. The topological polar surface area (TPSA) is 103 Å². The van der Waals surface area contributed by atoms with Gasteiger partial charge in [-0.05, 0) is 23.8 Å². The summed E-state index contributed by atoms with van der Waals surface area (Å²) in [5, 5.41) is 19.8. The molecule has 1 aromatic carbocycles. The fourth-order valence-corrected chi connectivity index (χ4v) is 1.55. The third-order valence-corrected chi connectivity index (χ3v) is 2.55. The molecule has 0 aliphatic heterocycles. The molecule has 0 aliphatic carbocycles. The number of benzene rings is 1. The van der Waals surface area contributed by atoms with Gasteiger partial charge in [-0.2, -0.15) is 0 Å². The summed E-state index contributed by atoms with van der Waals surface area (Å²) in [6.45, 7) is 0.0897. The summed E-state index contributed by atoms with van der Waals surface area (Å²) in [4.78, 5) is 25.0. The molecule has 0 fully saturated rings. The van der Waals surface area contributed by atoms with Crippen LogP contribution in [0.25, 0.3) is 0 Å². The van der Waals surface area contributed by atoms with Crippen molar-refractivity contribution in [1.29, 1.82) is 0 Å². The minimum atomic E-state index is -1.17. The Morgan fingerprint density at radius 2 is 2.00 bits per heavy atom. The van der Waals surface area contributed by atoms with Crippen molar-refractivity contribution in [3.63, 3.8) is 0 Å². The lowest BCUT2D eigenvalue weighted by Gasteiger charge is -2.07. The first-order valence-corrected chi connectivity index (χ1v) is 5.61. The Morgan fingerprint density at radius 3 is 2.60 bits per heavy atom. The van der Waals surface area contributed by atoms with Gasteiger partial charge < -0.3 is 9.84 Å². The lowest BCUT2D eigenvalue weighted by Crippen LogP contribution is -2.02. The predicted molar refractivity (Wildman–Crippen MR) is 68.6 cm³/mol. The number of nitro benzene ring substituents is 1. The van der Waals surface area contributed by atoms with Crippen LogP contribution in [0.5, 0.6) is 5.75 Å². The van der Waals surface area contributed by atoms with E-state index in [9.17, 15) is 14.9 Å². The van der Waals surface area contributed by atoms with Gasteiger partial charge in [0.2, 0.25) is 0 Å². The molecule has 0 saturated carbocycles. The first-order chi connectivity index (χ1) is 9.58. The van der Waals surface area contributed by atoms with E-state index in [1.807, 2.05) is 0 Å². The maximum absolute atomic E-state index is 10.9. The van der Waals surface area contributed by atoms with Crippen molar-refractivity contribution in [1.82, 2.24) is 4.98 Å². The molecule has 0 aliphatic rings. The zero-order valence-corrected chi connectivity index (χ0v) is 10.2. The van der Waals surface area contributed by atoms with Crippen LogP contribution in [-0.4, -0.2) is 21.0 Å². The fourth-order valence-electron chi connectivity index (χ4n) is 1.55. The molecule has 0 unspecified atom stereocenters. The molecule has 1 N–H and O–H groups in total. The summed E-state index contributed by atoms with van der Waals surface area (Å²) in [6, 6.07) is 6.83. The number of carboxylic acid groups (broad SMARTS) is 1. The van der Waals surface area contributed by atoms with Crippen molar-refractivity contribution in [3.8, 4) is 5.75 Å². The van der Waals surface area contributed by atoms with Crippen molar-refractivity contribution in [2.24, 2.45) is 0 Å². The van der Waals surface area contributed by atoms with E-state index in [1.165, 1.54) is 6.07 Å². The molecular formula is C13H10N2O5. The van der Waals surface area contributed by atoms with Crippen LogP contribution in [0.4, 0.5) is 5.69 Å². The van der Waals surface area contributed by atoms with E-state index in [0.29, 0.717) is 0 Å². The highest BCUT2D eigenvalue weighted by Crippen LogP contribution is 2.28. The van der Waals surface area contributed by atoms with Gasteiger partial charge in [-0.25, -0.2) is 4.79 Å². The van der Waals surface area contributed by atoms with Crippen molar-refractivity contribution in [3.05, 3.63) is 64.0 Å². The van der Waals surface area contributed by atoms with Crippen molar-refractivity contribution in [2.75, 3.05) is 0 Å². The zero-order chi connectivity index (χ0) is 14.5. The van der Waals surface area contributed by atoms with E-state index < -0.39 is 10.9 Å². The Bertz CT molecular complexity index is 642. The van der Waals surface area contributed by atoms with Crippen LogP contribution in [0.15, 0.2) is 42.7 Å². The molecule has 2 rings (SSSR count). The van der Waals surface area contributed by atoms with Crippen LogP contribution in [-0.2, 0) is 6.61 Å². The van der Waals surface area contributed by atoms with Gasteiger partial charge >= 0.3 is 11.7 Å². The number of aromatic nitrogens is 1. The standard InChI is InChI=1S/C13H10N2O5/c16-13(17)10-1-2-11(15(18)19)12(7-10)20-8-9-3-5-14-6-4-9/h1-7H,8H2,(H,16,17). The Morgan fingerprint density at radius 1 is 1.30 bits per heavy atom. The van der Waals surface area contributed by atoms with Crippen LogP contribution < -0.4 is 4.74 Å². The number of hydrogen-bond donors (Lipinski definition) is 1. The maximum atomic E-state index is 10.9. The van der Waals surface area contributed by atoms with Crippen molar-refractivity contribution in [2.45, 2.75) is 6.61 Å². The number of carboxylic acids is 1. The van der Waals surface area contributed by atoms with Gasteiger partial charge in [-0.3, -0.25) is 15.1 Å². The van der Waals surface area contributed by atoms with Crippen LogP contribution in [0, 0.1) is 10.1 Å². The Hall–Kier alpha value is -2.96. The second-order valence-corrected chi connectivity index (χ2v) is 3.89. The van der Waals surface area contributed by atoms with Crippen LogP contribution in [0.2, 0.25) is 0 Å². The van der Waals surface area contributed by atoms with E-state index in [2.05, 4.69) is 4.98 Å². The molecule has 0 amide bonds. The predicted octanol–water partition coefficient (Wildman–Crippen LogP) is 2.27. The monoisotopic (exact) mass is 274 g/mol. The fraction of sp³-hybridized carbons (Fsp3) is 0.0769. The summed E-state index contributed by atoms with van der Waals surface area (Å²) < 4.78 is 5.34. The summed E-state index contributed by atoms with van der Waals surface area (Å²) in [5.74, 6) is -1.25. The molecular weight excluding hydrogens is 264 g/mol. The number of hydrogen-bond acceptors (Lipinski definition) is 5. The first kappa shape index (κ1) is 13.5. The van der Waals surface area contributed by atoms with Gasteiger partial charge in [0.15, 0.2) is 5.75 Å². The number of ether oxygens (including phenoxy) is 1. The quantitative estimate of drug-likeness (QED) is 0.662. The van der Waals surface area contributed by atoms with E-state index in [4.69, 9.17) is 9.84 Å². The molecule has 7 heteroatoms. The third-order valence-electron chi connectivity index (χ3n) is 2.55. The molecule has 1 heterocycles. The highest BCUT2D eigenvalue weighted by molar-refractivity contribution is 5.88.